The molecule has 0 aromatic carbocycles. The molecular formula is C12H24N2O. The summed E-state index contributed by atoms with van der Waals surface area (Å²) in [6.45, 7) is 6.01. The van der Waals surface area contributed by atoms with Crippen molar-refractivity contribution in [3.05, 3.63) is 0 Å². The number of hydrogen-bond acceptors (Lipinski definition) is 2. The number of rotatable bonds is 4. The molecule has 1 aliphatic heterocycles. The van der Waals surface area contributed by atoms with E-state index in [0.717, 1.165) is 45.2 Å². The first-order valence-corrected chi connectivity index (χ1v) is 6.18. The smallest absolute Gasteiger partial charge is 0.222 e. The number of piperidine rings is 1. The first-order chi connectivity index (χ1) is 7.15. The molecule has 3 heteroatoms. The molecule has 0 spiro atoms. The van der Waals surface area contributed by atoms with Crippen LogP contribution in [0.5, 0.6) is 0 Å². The maximum Gasteiger partial charge on any atom is 0.222 e. The summed E-state index contributed by atoms with van der Waals surface area (Å²) in [5.74, 6) is 0.945. The van der Waals surface area contributed by atoms with E-state index in [-0.39, 0.29) is 6.04 Å². The van der Waals surface area contributed by atoms with Crippen LogP contribution in [0.25, 0.3) is 0 Å². The highest BCUT2D eigenvalue weighted by Crippen LogP contribution is 2.20. The van der Waals surface area contributed by atoms with Crippen LogP contribution in [0, 0.1) is 5.92 Å². The van der Waals surface area contributed by atoms with Gasteiger partial charge in [0.05, 0.1) is 0 Å². The standard InChI is InChI=1S/C12H24N2O/c1-3-4-5-12(15)14-8-6-11(7-9-14)10(2)13/h10-11H,3-9,13H2,1-2H3. The number of carbonyl (C=O) groups is 1. The van der Waals surface area contributed by atoms with Crippen molar-refractivity contribution in [3.63, 3.8) is 0 Å². The lowest BCUT2D eigenvalue weighted by Gasteiger charge is -2.33. The predicted octanol–water partition coefficient (Wildman–Crippen LogP) is 1.76. The molecule has 1 atom stereocenters. The van der Waals surface area contributed by atoms with E-state index >= 15 is 0 Å². The first kappa shape index (κ1) is 12.5. The van der Waals surface area contributed by atoms with Crippen LogP contribution in [0.4, 0.5) is 0 Å². The lowest BCUT2D eigenvalue weighted by molar-refractivity contribution is -0.132. The van der Waals surface area contributed by atoms with E-state index in [9.17, 15) is 4.79 Å². The molecule has 2 N–H and O–H groups in total. The van der Waals surface area contributed by atoms with Gasteiger partial charge in [0.15, 0.2) is 0 Å². The second kappa shape index (κ2) is 6.11. The van der Waals surface area contributed by atoms with Crippen LogP contribution in [-0.4, -0.2) is 29.9 Å². The Morgan fingerprint density at radius 2 is 2.07 bits per heavy atom. The Kier molecular flexibility index (Phi) is 5.09. The van der Waals surface area contributed by atoms with Crippen LogP contribution < -0.4 is 5.73 Å². The van der Waals surface area contributed by atoms with Crippen molar-refractivity contribution < 1.29 is 4.79 Å². The average molecular weight is 212 g/mol. The molecular weight excluding hydrogens is 188 g/mol. The molecule has 0 aromatic rings. The van der Waals surface area contributed by atoms with Crippen LogP contribution in [0.3, 0.4) is 0 Å². The van der Waals surface area contributed by atoms with Crippen molar-refractivity contribution in [1.29, 1.82) is 0 Å². The van der Waals surface area contributed by atoms with Crippen LogP contribution in [0.15, 0.2) is 0 Å². The molecule has 0 saturated carbocycles. The fourth-order valence-corrected chi connectivity index (χ4v) is 2.16. The molecule has 1 heterocycles. The summed E-state index contributed by atoms with van der Waals surface area (Å²) in [5.41, 5.74) is 5.87. The van der Waals surface area contributed by atoms with Gasteiger partial charge in [0, 0.05) is 25.6 Å². The van der Waals surface area contributed by atoms with E-state index in [4.69, 9.17) is 5.73 Å². The Balaban J connectivity index is 2.27. The van der Waals surface area contributed by atoms with Gasteiger partial charge in [-0.15, -0.1) is 0 Å². The Morgan fingerprint density at radius 3 is 2.53 bits per heavy atom. The van der Waals surface area contributed by atoms with Crippen molar-refractivity contribution in [3.8, 4) is 0 Å². The second-order valence-corrected chi connectivity index (χ2v) is 4.68. The summed E-state index contributed by atoms with van der Waals surface area (Å²) in [7, 11) is 0. The molecule has 1 unspecified atom stereocenters. The van der Waals surface area contributed by atoms with Gasteiger partial charge in [0.1, 0.15) is 0 Å². The minimum Gasteiger partial charge on any atom is -0.343 e. The zero-order valence-corrected chi connectivity index (χ0v) is 10.0. The number of hydrogen-bond donors (Lipinski definition) is 1. The SMILES string of the molecule is CCCCC(=O)N1CCC(C(C)N)CC1. The molecule has 1 saturated heterocycles. The van der Waals surface area contributed by atoms with Gasteiger partial charge in [-0.05, 0) is 32.1 Å². The highest BCUT2D eigenvalue weighted by Gasteiger charge is 2.24. The first-order valence-electron chi connectivity index (χ1n) is 6.18. The van der Waals surface area contributed by atoms with Gasteiger partial charge in [-0.2, -0.15) is 0 Å². The van der Waals surface area contributed by atoms with Gasteiger partial charge >= 0.3 is 0 Å². The van der Waals surface area contributed by atoms with Gasteiger partial charge in [0.25, 0.3) is 0 Å². The Hall–Kier alpha value is -0.570. The molecule has 1 aliphatic rings. The topological polar surface area (TPSA) is 46.3 Å². The lowest BCUT2D eigenvalue weighted by atomic mass is 9.91. The number of carbonyl (C=O) groups excluding carboxylic acids is 1. The number of nitrogens with two attached hydrogens (primary N) is 1. The van der Waals surface area contributed by atoms with Crippen molar-refractivity contribution in [2.75, 3.05) is 13.1 Å². The molecule has 88 valence electrons. The van der Waals surface area contributed by atoms with E-state index in [0.29, 0.717) is 11.8 Å². The van der Waals surface area contributed by atoms with E-state index < -0.39 is 0 Å². The minimum atomic E-state index is 0.276. The Morgan fingerprint density at radius 1 is 1.47 bits per heavy atom. The highest BCUT2D eigenvalue weighted by atomic mass is 16.2. The quantitative estimate of drug-likeness (QED) is 0.772. The van der Waals surface area contributed by atoms with E-state index in [1.165, 1.54) is 0 Å². The monoisotopic (exact) mass is 212 g/mol. The summed E-state index contributed by atoms with van der Waals surface area (Å²) in [6, 6.07) is 0.276. The fraction of sp³-hybridized carbons (Fsp3) is 0.917. The number of nitrogens with zero attached hydrogens (tertiary/aromatic N) is 1. The number of likely N-dealkylation sites (tertiary alicyclic amines) is 1. The van der Waals surface area contributed by atoms with E-state index in [1.807, 2.05) is 4.90 Å². The van der Waals surface area contributed by atoms with E-state index in [2.05, 4.69) is 13.8 Å². The zero-order chi connectivity index (χ0) is 11.3. The molecule has 0 aromatic heterocycles. The van der Waals surface area contributed by atoms with Crippen LogP contribution in [0.2, 0.25) is 0 Å². The second-order valence-electron chi connectivity index (χ2n) is 4.68. The van der Waals surface area contributed by atoms with Crippen LogP contribution in [-0.2, 0) is 4.79 Å². The summed E-state index contributed by atoms with van der Waals surface area (Å²) in [4.78, 5) is 13.7. The van der Waals surface area contributed by atoms with E-state index in [1.54, 1.807) is 0 Å². The summed E-state index contributed by atoms with van der Waals surface area (Å²) in [6.07, 6.45) is 5.00. The minimum absolute atomic E-state index is 0.276. The third-order valence-corrected chi connectivity index (χ3v) is 3.38. The molecule has 0 radical (unpaired) electrons. The highest BCUT2D eigenvalue weighted by molar-refractivity contribution is 5.76. The van der Waals surface area contributed by atoms with Gasteiger partial charge < -0.3 is 10.6 Å². The third-order valence-electron chi connectivity index (χ3n) is 3.38. The van der Waals surface area contributed by atoms with Crippen LogP contribution in [0.1, 0.15) is 46.0 Å². The molecule has 0 bridgehead atoms. The number of amides is 1. The van der Waals surface area contributed by atoms with Crippen molar-refractivity contribution in [2.45, 2.75) is 52.0 Å². The van der Waals surface area contributed by atoms with Gasteiger partial charge in [-0.3, -0.25) is 4.79 Å². The molecule has 3 nitrogen and oxygen atoms in total. The zero-order valence-electron chi connectivity index (χ0n) is 10.0. The molecule has 1 amide bonds. The predicted molar refractivity (Wildman–Crippen MR) is 62.5 cm³/mol. The Labute approximate surface area is 93.0 Å². The number of unbranched alkanes of at least 4 members (excludes halogenated alkanes) is 1. The summed E-state index contributed by atoms with van der Waals surface area (Å²) < 4.78 is 0. The van der Waals surface area contributed by atoms with Crippen molar-refractivity contribution in [2.24, 2.45) is 11.7 Å². The Bertz CT molecular complexity index is 196. The van der Waals surface area contributed by atoms with Crippen molar-refractivity contribution in [1.82, 2.24) is 4.90 Å². The molecule has 1 rings (SSSR count). The molecule has 1 fully saturated rings. The van der Waals surface area contributed by atoms with Gasteiger partial charge in [-0.25, -0.2) is 0 Å². The summed E-state index contributed by atoms with van der Waals surface area (Å²) >= 11 is 0. The average Bonchev–Trinajstić information content (AvgIpc) is 2.26. The lowest BCUT2D eigenvalue weighted by Crippen LogP contribution is -2.42. The summed E-state index contributed by atoms with van der Waals surface area (Å²) in [5, 5.41) is 0. The van der Waals surface area contributed by atoms with Crippen LogP contribution >= 0.6 is 0 Å². The largest absolute Gasteiger partial charge is 0.343 e. The maximum absolute atomic E-state index is 11.7. The maximum atomic E-state index is 11.7. The van der Waals surface area contributed by atoms with Gasteiger partial charge in [-0.1, -0.05) is 13.3 Å². The fourth-order valence-electron chi connectivity index (χ4n) is 2.16. The third kappa shape index (κ3) is 3.82. The van der Waals surface area contributed by atoms with Gasteiger partial charge in [0.2, 0.25) is 5.91 Å². The molecule has 0 aliphatic carbocycles. The normalized spacial score (nSPS) is 20.3. The van der Waals surface area contributed by atoms with Crippen molar-refractivity contribution >= 4 is 5.91 Å². The molecule has 15 heavy (non-hydrogen) atoms.